The first-order valence-electron chi connectivity index (χ1n) is 20.6. The SMILES string of the molecule is [2H]c1c([2H])c([2H])c2c(-c3c4c([2H])c([2H])c([2H])c([2H])c4c(-c4cccc5oc6ccccc6c45)c4c([2H])c([2H])c(-c5ccccc5)c([2H])c34)c([2H])c([2H])c([2H])c2c1[2H]. The van der Waals surface area contributed by atoms with Crippen LogP contribution in [0.1, 0.15) is 19.2 Å². The van der Waals surface area contributed by atoms with E-state index in [0.717, 1.165) is 0 Å². The highest BCUT2D eigenvalue weighted by Gasteiger charge is 2.21. The predicted molar refractivity (Wildman–Crippen MR) is 183 cm³/mol. The van der Waals surface area contributed by atoms with Crippen LogP contribution in [0.4, 0.5) is 0 Å². The van der Waals surface area contributed by atoms with Gasteiger partial charge in [0.05, 0.1) is 19.2 Å². The Morgan fingerprint density at radius 1 is 0.419 bits per heavy atom. The maximum atomic E-state index is 9.96. The first-order chi connectivity index (χ1) is 27.2. The van der Waals surface area contributed by atoms with Crippen LogP contribution in [0.2, 0.25) is 0 Å². The van der Waals surface area contributed by atoms with Gasteiger partial charge in [-0.3, -0.25) is 0 Å². The second kappa shape index (κ2) is 9.44. The minimum absolute atomic E-state index is 0.00611. The molecule has 200 valence electrons. The summed E-state index contributed by atoms with van der Waals surface area (Å²) in [5.41, 5.74) is 1.13. The van der Waals surface area contributed by atoms with Crippen molar-refractivity contribution in [1.29, 1.82) is 0 Å². The second-order valence-corrected chi connectivity index (χ2v) is 10.1. The molecule has 0 unspecified atom stereocenters. The third kappa shape index (κ3) is 3.65. The topological polar surface area (TPSA) is 13.1 Å². The summed E-state index contributed by atoms with van der Waals surface area (Å²) in [7, 11) is 0. The second-order valence-electron chi connectivity index (χ2n) is 10.1. The van der Waals surface area contributed by atoms with Gasteiger partial charge in [-0.25, -0.2) is 0 Å². The van der Waals surface area contributed by atoms with Gasteiger partial charge in [0.15, 0.2) is 0 Å². The van der Waals surface area contributed by atoms with Crippen molar-refractivity contribution in [1.82, 2.24) is 0 Å². The Labute approximate surface area is 268 Å². The summed E-state index contributed by atoms with van der Waals surface area (Å²) in [5, 5.41) is -0.187. The first kappa shape index (κ1) is 14.0. The smallest absolute Gasteiger partial charge is 0.136 e. The highest BCUT2D eigenvalue weighted by Crippen LogP contribution is 2.48. The third-order valence-electron chi connectivity index (χ3n) is 7.80. The van der Waals surface area contributed by atoms with Gasteiger partial charge in [-0.05, 0) is 83.9 Å². The number of hydrogen-bond donors (Lipinski definition) is 0. The largest absolute Gasteiger partial charge is 0.456 e. The van der Waals surface area contributed by atoms with Gasteiger partial charge in [0.2, 0.25) is 0 Å². The van der Waals surface area contributed by atoms with E-state index in [9.17, 15) is 8.22 Å². The monoisotopic (exact) mass is 560 g/mol. The molecule has 1 nitrogen and oxygen atoms in total. The molecular weight excluding hydrogens is 520 g/mol. The van der Waals surface area contributed by atoms with Crippen molar-refractivity contribution < 1.29 is 23.6 Å². The van der Waals surface area contributed by atoms with Crippen LogP contribution in [0.15, 0.2) is 162 Å². The van der Waals surface area contributed by atoms with E-state index in [2.05, 4.69) is 0 Å². The Bertz CT molecular complexity index is 3270. The van der Waals surface area contributed by atoms with Crippen molar-refractivity contribution in [3.8, 4) is 33.4 Å². The molecule has 9 rings (SSSR count). The molecule has 1 heteroatoms. The Morgan fingerprint density at radius 2 is 1.09 bits per heavy atom. The Morgan fingerprint density at radius 3 is 1.95 bits per heavy atom. The van der Waals surface area contributed by atoms with E-state index in [1.54, 1.807) is 60.7 Å². The van der Waals surface area contributed by atoms with Gasteiger partial charge in [0.25, 0.3) is 0 Å². The lowest BCUT2D eigenvalue weighted by atomic mass is 9.83. The molecule has 0 fully saturated rings. The lowest BCUT2D eigenvalue weighted by Crippen LogP contribution is -1.93. The summed E-state index contributed by atoms with van der Waals surface area (Å²) >= 11 is 0. The fourth-order valence-electron chi connectivity index (χ4n) is 5.97. The molecule has 0 saturated carbocycles. The van der Waals surface area contributed by atoms with Gasteiger partial charge in [-0.1, -0.05) is 139 Å². The number of hydrogen-bond acceptors (Lipinski definition) is 1. The molecule has 1 heterocycles. The zero-order valence-corrected chi connectivity index (χ0v) is 22.3. The average Bonchev–Trinajstić information content (AvgIpc) is 3.60. The average molecular weight is 561 g/mol. The number of rotatable bonds is 3. The summed E-state index contributed by atoms with van der Waals surface area (Å²) in [6.07, 6.45) is 0. The quantitative estimate of drug-likeness (QED) is 0.196. The Hall–Kier alpha value is -5.66. The van der Waals surface area contributed by atoms with Gasteiger partial charge >= 0.3 is 0 Å². The van der Waals surface area contributed by atoms with Gasteiger partial charge in [0.1, 0.15) is 11.2 Å². The van der Waals surface area contributed by atoms with E-state index < -0.39 is 77.9 Å². The van der Waals surface area contributed by atoms with Crippen LogP contribution >= 0.6 is 0 Å². The zero-order chi connectivity index (χ0) is 40.5. The standard InChI is InChI=1S/C42H26O/c1-2-12-27(13-3-1)29-24-25-34-37(26-29)41(31-20-10-15-28-14-4-5-16-30(28)31)33-18-7-6-17-32(33)40(34)36-21-11-23-39-42(36)35-19-8-9-22-38(35)43-39/h1-26H/i4D,5D,6D,7D,10D,14D,15D,16D,17D,18D,20D,24D,25D,26D. The predicted octanol–water partition coefficient (Wildman–Crippen LogP) is 12.0. The Balaban J connectivity index is 1.69. The lowest BCUT2D eigenvalue weighted by Gasteiger charge is -2.20. The molecule has 1 aromatic heterocycles. The lowest BCUT2D eigenvalue weighted by molar-refractivity contribution is 0.669. The van der Waals surface area contributed by atoms with Crippen LogP contribution in [-0.4, -0.2) is 0 Å². The molecule has 9 aromatic rings. The molecule has 0 aliphatic rings. The van der Waals surface area contributed by atoms with Crippen LogP contribution in [-0.2, 0) is 0 Å². The van der Waals surface area contributed by atoms with E-state index in [1.165, 1.54) is 0 Å². The first-order valence-corrected chi connectivity index (χ1v) is 13.6. The Kier molecular flexibility index (Phi) is 3.07. The molecule has 0 bridgehead atoms. The summed E-state index contributed by atoms with van der Waals surface area (Å²) in [6.45, 7) is 0. The van der Waals surface area contributed by atoms with Crippen molar-refractivity contribution in [3.63, 3.8) is 0 Å². The van der Waals surface area contributed by atoms with Gasteiger partial charge < -0.3 is 4.42 Å². The zero-order valence-electron chi connectivity index (χ0n) is 36.3. The highest BCUT2D eigenvalue weighted by molar-refractivity contribution is 6.27. The van der Waals surface area contributed by atoms with Crippen LogP contribution in [0.5, 0.6) is 0 Å². The van der Waals surface area contributed by atoms with Crippen molar-refractivity contribution in [2.24, 2.45) is 0 Å². The summed E-state index contributed by atoms with van der Waals surface area (Å²) in [4.78, 5) is 0. The van der Waals surface area contributed by atoms with Crippen LogP contribution in [0.3, 0.4) is 0 Å². The van der Waals surface area contributed by atoms with E-state index in [0.29, 0.717) is 33.1 Å². The third-order valence-corrected chi connectivity index (χ3v) is 7.80. The molecule has 0 radical (unpaired) electrons. The normalized spacial score (nSPS) is 16.3. The highest BCUT2D eigenvalue weighted by atomic mass is 16.3. The molecule has 0 N–H and O–H groups in total. The molecule has 0 atom stereocenters. The van der Waals surface area contributed by atoms with E-state index >= 15 is 0 Å². The summed E-state index contributed by atoms with van der Waals surface area (Å²) in [6, 6.07) is 12.4. The van der Waals surface area contributed by atoms with Gasteiger partial charge in [-0.2, -0.15) is 0 Å². The van der Waals surface area contributed by atoms with Crippen LogP contribution in [0, 0.1) is 0 Å². The molecule has 0 amide bonds. The van der Waals surface area contributed by atoms with Crippen LogP contribution < -0.4 is 0 Å². The van der Waals surface area contributed by atoms with Crippen molar-refractivity contribution >= 4 is 54.3 Å². The molecule has 0 aliphatic carbocycles. The van der Waals surface area contributed by atoms with E-state index in [4.69, 9.17) is 15.4 Å². The van der Waals surface area contributed by atoms with E-state index in [1.807, 2.05) is 12.1 Å². The minimum atomic E-state index is -0.721. The van der Waals surface area contributed by atoms with Crippen molar-refractivity contribution in [2.75, 3.05) is 0 Å². The van der Waals surface area contributed by atoms with Gasteiger partial charge in [-0.15, -0.1) is 0 Å². The molecule has 8 aromatic carbocycles. The van der Waals surface area contributed by atoms with E-state index in [-0.39, 0.29) is 61.3 Å². The maximum Gasteiger partial charge on any atom is 0.136 e. The number of furan rings is 1. The number of fused-ring (bicyclic) bond motifs is 6. The summed E-state index contributed by atoms with van der Waals surface area (Å²) < 4.78 is 134. The summed E-state index contributed by atoms with van der Waals surface area (Å²) in [5.74, 6) is 0. The van der Waals surface area contributed by atoms with Crippen LogP contribution in [0.25, 0.3) is 87.6 Å². The molecule has 43 heavy (non-hydrogen) atoms. The number of benzene rings is 8. The fraction of sp³-hybridized carbons (Fsp3) is 0. The minimum Gasteiger partial charge on any atom is -0.456 e. The number of para-hydroxylation sites is 1. The molecule has 0 saturated heterocycles. The van der Waals surface area contributed by atoms with Gasteiger partial charge in [0, 0.05) is 10.8 Å². The molecular formula is C42H26O. The van der Waals surface area contributed by atoms with Crippen molar-refractivity contribution in [2.45, 2.75) is 0 Å². The fourth-order valence-corrected chi connectivity index (χ4v) is 5.97. The van der Waals surface area contributed by atoms with Crippen molar-refractivity contribution in [3.05, 3.63) is 157 Å². The maximum absolute atomic E-state index is 9.96. The molecule has 0 spiro atoms. The molecule has 0 aliphatic heterocycles.